The number of azide groups is 1. The number of carbonyl (C=O) groups is 1. The van der Waals surface area contributed by atoms with Crippen LogP contribution in [0, 0.1) is 6.92 Å². The highest BCUT2D eigenvalue weighted by Crippen LogP contribution is 2.45. The van der Waals surface area contributed by atoms with Crippen LogP contribution in [0.15, 0.2) is 45.2 Å². The van der Waals surface area contributed by atoms with Crippen LogP contribution in [0.2, 0.25) is 0 Å². The molecule has 1 unspecified atom stereocenters. The Morgan fingerprint density at radius 2 is 2.08 bits per heavy atom. The quantitative estimate of drug-likeness (QED) is 0.144. The number of ether oxygens (including phenoxy) is 1. The Balaban J connectivity index is 0.00000456. The largest absolute Gasteiger partial charge is 0.527 e. The minimum atomic E-state index is -4.64. The van der Waals surface area contributed by atoms with Gasteiger partial charge in [-0.2, -0.15) is 0 Å². The number of nitrogens with two attached hydrogens (primary N) is 1. The van der Waals surface area contributed by atoms with Gasteiger partial charge < -0.3 is 20.1 Å². The monoisotopic (exact) mass is 546 g/mol. The lowest BCUT2D eigenvalue weighted by atomic mass is 10.1. The third-order valence-electron chi connectivity index (χ3n) is 5.18. The summed E-state index contributed by atoms with van der Waals surface area (Å²) in [5, 5.41) is 12.5. The summed E-state index contributed by atoms with van der Waals surface area (Å²) in [6, 6.07) is 3.76. The van der Waals surface area contributed by atoms with Crippen molar-refractivity contribution in [1.82, 2.24) is 9.55 Å². The van der Waals surface area contributed by atoms with Gasteiger partial charge in [-0.3, -0.25) is 28.6 Å². The number of rotatable bonds is 10. The molecule has 15 nitrogen and oxygen atoms in total. The van der Waals surface area contributed by atoms with Crippen molar-refractivity contribution < 1.29 is 33.1 Å². The molecule has 5 atom stereocenters. The van der Waals surface area contributed by atoms with E-state index in [0.29, 0.717) is 5.56 Å². The average molecular weight is 547 g/mol. The van der Waals surface area contributed by atoms with Crippen molar-refractivity contribution in [3.05, 3.63) is 72.9 Å². The number of hydrogen-bond donors (Lipinski definition) is 4. The highest BCUT2D eigenvalue weighted by Gasteiger charge is 2.38. The molecule has 1 fully saturated rings. The SMILES string of the molecule is Cc1cn([C@H]2C[C@H](N=[N+]=[N-])[C@@H](COP(=O)(O)Oc3ccc(C[C@H](N)C(=O)O)cc3)O2)c(=O)[nH]c1=O.Cl. The van der Waals surface area contributed by atoms with E-state index >= 15 is 0 Å². The summed E-state index contributed by atoms with van der Waals surface area (Å²) in [6.45, 7) is 0.998. The molecule has 36 heavy (non-hydrogen) atoms. The number of benzene rings is 1. The summed E-state index contributed by atoms with van der Waals surface area (Å²) >= 11 is 0. The number of nitrogens with zero attached hydrogens (tertiary/aromatic N) is 4. The van der Waals surface area contributed by atoms with Crippen molar-refractivity contribution in [2.24, 2.45) is 10.8 Å². The van der Waals surface area contributed by atoms with Crippen molar-refractivity contribution in [1.29, 1.82) is 0 Å². The van der Waals surface area contributed by atoms with Gasteiger partial charge in [0.05, 0.1) is 18.8 Å². The second-order valence-electron chi connectivity index (χ2n) is 7.76. The Kier molecular flexibility index (Phi) is 9.85. The maximum absolute atomic E-state index is 12.4. The Morgan fingerprint density at radius 3 is 2.69 bits per heavy atom. The Labute approximate surface area is 209 Å². The van der Waals surface area contributed by atoms with E-state index < -0.39 is 56.1 Å². The first-order valence-corrected chi connectivity index (χ1v) is 11.7. The normalized spacial score (nSPS) is 21.5. The molecule has 0 saturated carbocycles. The van der Waals surface area contributed by atoms with Crippen LogP contribution >= 0.6 is 20.2 Å². The molecule has 0 amide bonds. The number of aliphatic carboxylic acids is 1. The lowest BCUT2D eigenvalue weighted by Crippen LogP contribution is -2.33. The molecule has 0 spiro atoms. The Morgan fingerprint density at radius 1 is 1.42 bits per heavy atom. The van der Waals surface area contributed by atoms with Gasteiger partial charge in [-0.1, -0.05) is 17.2 Å². The van der Waals surface area contributed by atoms with E-state index in [4.69, 9.17) is 30.2 Å². The number of carboxylic acid groups (broad SMARTS) is 1. The molecule has 0 aliphatic carbocycles. The first-order valence-electron chi connectivity index (χ1n) is 10.2. The van der Waals surface area contributed by atoms with Crippen molar-refractivity contribution in [3.8, 4) is 5.75 Å². The van der Waals surface area contributed by atoms with Gasteiger partial charge >= 0.3 is 19.5 Å². The average Bonchev–Trinajstić information content (AvgIpc) is 3.19. The number of H-pyrrole nitrogens is 1. The van der Waals surface area contributed by atoms with Gasteiger partial charge in [0.1, 0.15) is 18.0 Å². The summed E-state index contributed by atoms with van der Waals surface area (Å²) in [4.78, 5) is 49.5. The number of phosphoric acid groups is 1. The zero-order valence-corrected chi connectivity index (χ0v) is 20.5. The first-order chi connectivity index (χ1) is 16.5. The summed E-state index contributed by atoms with van der Waals surface area (Å²) in [5.74, 6) is -1.18. The van der Waals surface area contributed by atoms with Crippen LogP contribution in [0.4, 0.5) is 0 Å². The molecule has 2 heterocycles. The van der Waals surface area contributed by atoms with E-state index in [1.807, 2.05) is 0 Å². The van der Waals surface area contributed by atoms with Gasteiger partial charge in [-0.25, -0.2) is 9.36 Å². The zero-order chi connectivity index (χ0) is 25.8. The molecule has 196 valence electrons. The van der Waals surface area contributed by atoms with E-state index in [1.54, 1.807) is 0 Å². The number of halogens is 1. The fraction of sp³-hybridized carbons (Fsp3) is 0.421. The molecule has 17 heteroatoms. The van der Waals surface area contributed by atoms with E-state index in [1.165, 1.54) is 37.4 Å². The van der Waals surface area contributed by atoms with Gasteiger partial charge in [0, 0.05) is 23.1 Å². The van der Waals surface area contributed by atoms with Gasteiger partial charge in [0.2, 0.25) is 0 Å². The fourth-order valence-corrected chi connectivity index (χ4v) is 4.15. The molecule has 5 N–H and O–H groups in total. The van der Waals surface area contributed by atoms with Gasteiger partial charge in [0.25, 0.3) is 5.56 Å². The molecule has 1 aromatic carbocycles. The van der Waals surface area contributed by atoms with E-state index in [9.17, 15) is 23.8 Å². The van der Waals surface area contributed by atoms with Crippen LogP contribution in [0.5, 0.6) is 5.75 Å². The third kappa shape index (κ3) is 7.42. The second kappa shape index (κ2) is 12.2. The van der Waals surface area contributed by atoms with Crippen LogP contribution in [-0.2, 0) is 25.0 Å². The maximum Gasteiger partial charge on any atom is 0.527 e. The van der Waals surface area contributed by atoms with E-state index in [-0.39, 0.29) is 36.6 Å². The van der Waals surface area contributed by atoms with Gasteiger partial charge in [-0.05, 0) is 36.6 Å². The Bertz CT molecular complexity index is 1290. The molecule has 1 saturated heterocycles. The van der Waals surface area contributed by atoms with Crippen molar-refractivity contribution >= 4 is 26.2 Å². The van der Waals surface area contributed by atoms with Crippen molar-refractivity contribution in [2.75, 3.05) is 6.61 Å². The molecule has 0 radical (unpaired) electrons. The number of aromatic amines is 1. The number of carboxylic acids is 1. The summed E-state index contributed by atoms with van der Waals surface area (Å²) in [5.41, 5.74) is 13.9. The maximum atomic E-state index is 12.4. The first kappa shape index (κ1) is 29.1. The minimum absolute atomic E-state index is 0. The predicted molar refractivity (Wildman–Crippen MR) is 127 cm³/mol. The molecule has 1 aromatic heterocycles. The topological polar surface area (TPSA) is 232 Å². The molecule has 0 bridgehead atoms. The highest BCUT2D eigenvalue weighted by atomic mass is 35.5. The third-order valence-corrected chi connectivity index (χ3v) is 6.10. The van der Waals surface area contributed by atoms with Crippen LogP contribution in [0.25, 0.3) is 10.4 Å². The predicted octanol–water partition coefficient (Wildman–Crippen LogP) is 1.38. The standard InChI is InChI=1S/C19H23N6O9P.ClH/c1-10-8-25(19(29)22-17(10)26)16-7-14(23-24-21)15(33-16)9-32-35(30,31)34-12-4-2-11(3-5-12)6-13(20)18(27)28;/h2-5,8,13-16H,6-7,9,20H2,1H3,(H,27,28)(H,30,31)(H,22,26,29);1H/t13-,14-,15+,16+;/m0./s1. The molecule has 1 aliphatic rings. The van der Waals surface area contributed by atoms with E-state index in [0.717, 1.165) is 4.57 Å². The number of aryl methyl sites for hydroxylation is 1. The van der Waals surface area contributed by atoms with Gasteiger partial charge in [-0.15, -0.1) is 12.4 Å². The Hall–Kier alpha value is -3.16. The molecule has 3 rings (SSSR count). The van der Waals surface area contributed by atoms with Crippen LogP contribution < -0.4 is 21.5 Å². The van der Waals surface area contributed by atoms with Crippen molar-refractivity contribution in [2.45, 2.75) is 44.2 Å². The molecular weight excluding hydrogens is 523 g/mol. The number of hydrogen-bond acceptors (Lipinski definition) is 9. The molecule has 2 aromatic rings. The smallest absolute Gasteiger partial charge is 0.480 e. The van der Waals surface area contributed by atoms with Gasteiger partial charge in [0.15, 0.2) is 0 Å². The second-order valence-corrected chi connectivity index (χ2v) is 9.14. The van der Waals surface area contributed by atoms with Crippen LogP contribution in [-0.4, -0.2) is 50.3 Å². The minimum Gasteiger partial charge on any atom is -0.480 e. The molecular formula is C19H24ClN6O9P. The summed E-state index contributed by atoms with van der Waals surface area (Å²) < 4.78 is 29.3. The lowest BCUT2D eigenvalue weighted by molar-refractivity contribution is -0.138. The summed E-state index contributed by atoms with van der Waals surface area (Å²) in [7, 11) is -4.64. The van der Waals surface area contributed by atoms with E-state index in [2.05, 4.69) is 15.0 Å². The molecule has 1 aliphatic heterocycles. The summed E-state index contributed by atoms with van der Waals surface area (Å²) in [6.07, 6.45) is -0.485. The fourth-order valence-electron chi connectivity index (χ4n) is 3.38. The lowest BCUT2D eigenvalue weighted by Gasteiger charge is -2.19. The van der Waals surface area contributed by atoms with Crippen LogP contribution in [0.1, 0.15) is 23.8 Å². The zero-order valence-electron chi connectivity index (χ0n) is 18.8. The number of nitrogens with one attached hydrogen (secondary N) is 1. The number of phosphoric ester groups is 1. The number of aromatic nitrogens is 2. The van der Waals surface area contributed by atoms with Crippen LogP contribution in [0.3, 0.4) is 0 Å². The van der Waals surface area contributed by atoms with Crippen molar-refractivity contribution in [3.63, 3.8) is 0 Å². The highest BCUT2D eigenvalue weighted by molar-refractivity contribution is 7.47.